The molecule has 8 nitrogen and oxygen atoms in total. The minimum absolute atomic E-state index is 0.0949. The smallest absolute Gasteiger partial charge is 0.235 e. The Balaban J connectivity index is 1.42. The average molecular weight is 487 g/mol. The number of thioether (sulfide) groups is 1. The third-order valence-corrected chi connectivity index (χ3v) is 7.40. The number of nitrogens with zero attached hydrogens (tertiary/aromatic N) is 4. The largest absolute Gasteiger partial charge is 0.376 e. The lowest BCUT2D eigenvalue weighted by molar-refractivity contribution is -0.113. The summed E-state index contributed by atoms with van der Waals surface area (Å²) >= 11 is 2.64. The summed E-state index contributed by atoms with van der Waals surface area (Å²) < 4.78 is 21.8. The summed E-state index contributed by atoms with van der Waals surface area (Å²) in [6, 6.07) is 8.19. The van der Waals surface area contributed by atoms with Gasteiger partial charge in [0.15, 0.2) is 4.34 Å². The number of carbonyl (C=O) groups is 1. The zero-order valence-corrected chi connectivity index (χ0v) is 19.9. The van der Waals surface area contributed by atoms with Gasteiger partial charge in [-0.3, -0.25) is 9.36 Å². The molecule has 1 amide bonds. The number of nitrogens with one attached hydrogen (secondary N) is 2. The molecule has 0 spiro atoms. The van der Waals surface area contributed by atoms with Crippen molar-refractivity contribution in [2.45, 2.75) is 37.1 Å². The molecule has 1 unspecified atom stereocenters. The molecule has 1 fully saturated rings. The predicted octanol–water partition coefficient (Wildman–Crippen LogP) is 4.28. The molecule has 1 aliphatic rings. The van der Waals surface area contributed by atoms with Gasteiger partial charge in [-0.2, -0.15) is 5.26 Å². The van der Waals surface area contributed by atoms with Crippen molar-refractivity contribution < 1.29 is 13.9 Å². The van der Waals surface area contributed by atoms with Gasteiger partial charge in [-0.15, -0.1) is 10.2 Å². The third-order valence-electron chi connectivity index (χ3n) is 5.39. The van der Waals surface area contributed by atoms with Gasteiger partial charge in [0.1, 0.15) is 17.7 Å². The minimum atomic E-state index is -0.398. The van der Waals surface area contributed by atoms with Crippen LogP contribution in [0.2, 0.25) is 0 Å². The number of halogens is 1. The van der Waals surface area contributed by atoms with E-state index < -0.39 is 5.82 Å². The van der Waals surface area contributed by atoms with E-state index in [0.29, 0.717) is 33.1 Å². The summed E-state index contributed by atoms with van der Waals surface area (Å²) in [5.74, 6) is -0.266. The molecule has 2 N–H and O–H groups in total. The lowest BCUT2D eigenvalue weighted by Gasteiger charge is -2.13. The first-order valence-electron chi connectivity index (χ1n) is 10.5. The fourth-order valence-corrected chi connectivity index (χ4v) is 5.20. The van der Waals surface area contributed by atoms with E-state index in [4.69, 9.17) is 4.74 Å². The van der Waals surface area contributed by atoms with E-state index in [2.05, 4.69) is 26.9 Å². The maximum Gasteiger partial charge on any atom is 0.235 e. The summed E-state index contributed by atoms with van der Waals surface area (Å²) in [7, 11) is 0. The number of amides is 1. The van der Waals surface area contributed by atoms with Gasteiger partial charge in [-0.05, 0) is 50.5 Å². The number of ether oxygens (including phenoxy) is 1. The van der Waals surface area contributed by atoms with Gasteiger partial charge in [0.25, 0.3) is 0 Å². The second-order valence-electron chi connectivity index (χ2n) is 7.59. The van der Waals surface area contributed by atoms with Gasteiger partial charge in [-0.25, -0.2) is 4.39 Å². The molecule has 3 aromatic rings. The van der Waals surface area contributed by atoms with Gasteiger partial charge in [-0.1, -0.05) is 29.2 Å². The number of benzene rings is 1. The molecule has 172 valence electrons. The summed E-state index contributed by atoms with van der Waals surface area (Å²) in [6.07, 6.45) is 2.31. The third kappa shape index (κ3) is 5.35. The van der Waals surface area contributed by atoms with Crippen LogP contribution in [0.15, 0.2) is 28.6 Å². The number of hydrogen-bond acceptors (Lipinski definition) is 8. The Morgan fingerprint density at radius 3 is 3.00 bits per heavy atom. The Morgan fingerprint density at radius 1 is 1.42 bits per heavy atom. The van der Waals surface area contributed by atoms with Crippen LogP contribution >= 0.6 is 23.1 Å². The molecule has 0 saturated carbocycles. The van der Waals surface area contributed by atoms with Crippen LogP contribution in [0.5, 0.6) is 0 Å². The molecule has 11 heteroatoms. The number of nitriles is 1. The molecule has 4 rings (SSSR count). The van der Waals surface area contributed by atoms with Crippen molar-refractivity contribution in [2.75, 3.05) is 29.5 Å². The van der Waals surface area contributed by atoms with Crippen LogP contribution in [0.1, 0.15) is 29.7 Å². The Kier molecular flexibility index (Phi) is 7.27. The van der Waals surface area contributed by atoms with Crippen LogP contribution in [-0.2, 0) is 9.53 Å². The highest BCUT2D eigenvalue weighted by Crippen LogP contribution is 2.31. The molecule has 0 aliphatic carbocycles. The van der Waals surface area contributed by atoms with Crippen LogP contribution in [0.4, 0.5) is 15.3 Å². The maximum absolute atomic E-state index is 13.8. The molecule has 2 aromatic heterocycles. The van der Waals surface area contributed by atoms with E-state index in [0.717, 1.165) is 30.7 Å². The molecule has 1 aliphatic heterocycles. The normalized spacial score (nSPS) is 15.4. The summed E-state index contributed by atoms with van der Waals surface area (Å²) in [5.41, 5.74) is 2.37. The minimum Gasteiger partial charge on any atom is -0.376 e. The number of carbonyl (C=O) groups excluding carboxylic acids is 1. The van der Waals surface area contributed by atoms with E-state index in [1.165, 1.54) is 35.2 Å². The molecular formula is C22H23FN6O2S2. The standard InChI is InChI=1S/C22H23FN6O2S2/c1-13-14(2)29(16-6-3-5-15(23)9-16)20(18(13)10-24)26-19(30)12-32-22-28-27-21(33-22)25-11-17-7-4-8-31-17/h3,5-6,9,17H,4,7-8,11-12H2,1-2H3,(H,25,27)(H,26,30). The van der Waals surface area contributed by atoms with Gasteiger partial charge >= 0.3 is 0 Å². The first-order valence-corrected chi connectivity index (χ1v) is 12.3. The van der Waals surface area contributed by atoms with E-state index in [9.17, 15) is 14.4 Å². The van der Waals surface area contributed by atoms with Gasteiger partial charge in [0.05, 0.1) is 23.1 Å². The lowest BCUT2D eigenvalue weighted by atomic mass is 10.2. The summed E-state index contributed by atoms with van der Waals surface area (Å²) in [6.45, 7) is 5.12. The summed E-state index contributed by atoms with van der Waals surface area (Å²) in [4.78, 5) is 12.7. The molecule has 33 heavy (non-hydrogen) atoms. The van der Waals surface area contributed by atoms with Gasteiger partial charge in [0.2, 0.25) is 11.0 Å². The molecule has 3 heterocycles. The molecule has 1 aromatic carbocycles. The quantitative estimate of drug-likeness (QED) is 0.458. The Bertz CT molecular complexity index is 1200. The SMILES string of the molecule is Cc1c(C#N)c(NC(=O)CSc2nnc(NCC3CCCO3)s2)n(-c2cccc(F)c2)c1C. The fraction of sp³-hybridized carbons (Fsp3) is 0.364. The van der Waals surface area contributed by atoms with Crippen molar-refractivity contribution in [1.82, 2.24) is 14.8 Å². The van der Waals surface area contributed by atoms with Crippen LogP contribution in [0.25, 0.3) is 5.69 Å². The second-order valence-corrected chi connectivity index (χ2v) is 9.79. The molecule has 0 radical (unpaired) electrons. The van der Waals surface area contributed by atoms with Crippen molar-refractivity contribution in [3.63, 3.8) is 0 Å². The number of hydrogen-bond donors (Lipinski definition) is 2. The van der Waals surface area contributed by atoms with Crippen molar-refractivity contribution >= 4 is 40.0 Å². The zero-order chi connectivity index (χ0) is 23.4. The van der Waals surface area contributed by atoms with Crippen LogP contribution < -0.4 is 10.6 Å². The predicted molar refractivity (Wildman–Crippen MR) is 127 cm³/mol. The van der Waals surface area contributed by atoms with Gasteiger partial charge in [0, 0.05) is 18.8 Å². The molecule has 1 atom stereocenters. The molecular weight excluding hydrogens is 463 g/mol. The Hall–Kier alpha value is -2.94. The van der Waals surface area contributed by atoms with Crippen molar-refractivity contribution in [3.8, 4) is 11.8 Å². The highest BCUT2D eigenvalue weighted by molar-refractivity contribution is 8.01. The topological polar surface area (TPSA) is 105 Å². The fourth-order valence-electron chi connectivity index (χ4n) is 3.64. The van der Waals surface area contributed by atoms with Crippen molar-refractivity contribution in [2.24, 2.45) is 0 Å². The van der Waals surface area contributed by atoms with E-state index in [1.807, 2.05) is 6.92 Å². The first-order chi connectivity index (χ1) is 16.0. The van der Waals surface area contributed by atoms with Crippen molar-refractivity contribution in [3.05, 3.63) is 46.9 Å². The Labute approximate surface area is 199 Å². The van der Waals surface area contributed by atoms with E-state index in [-0.39, 0.29) is 17.8 Å². The highest BCUT2D eigenvalue weighted by Gasteiger charge is 2.21. The lowest BCUT2D eigenvalue weighted by Crippen LogP contribution is -2.18. The van der Waals surface area contributed by atoms with Crippen LogP contribution in [-0.4, -0.2) is 45.7 Å². The van der Waals surface area contributed by atoms with E-state index in [1.54, 1.807) is 23.6 Å². The average Bonchev–Trinajstić information content (AvgIpc) is 3.52. The van der Waals surface area contributed by atoms with Crippen molar-refractivity contribution in [1.29, 1.82) is 5.26 Å². The molecule has 1 saturated heterocycles. The number of rotatable bonds is 8. The highest BCUT2D eigenvalue weighted by atomic mass is 32.2. The summed E-state index contributed by atoms with van der Waals surface area (Å²) in [5, 5.41) is 24.6. The maximum atomic E-state index is 13.8. The monoisotopic (exact) mass is 486 g/mol. The van der Waals surface area contributed by atoms with Gasteiger partial charge < -0.3 is 15.4 Å². The Morgan fingerprint density at radius 2 is 2.27 bits per heavy atom. The van der Waals surface area contributed by atoms with Crippen LogP contribution in [0.3, 0.4) is 0 Å². The first kappa shape index (κ1) is 23.2. The van der Waals surface area contributed by atoms with Crippen LogP contribution in [0, 0.1) is 31.0 Å². The zero-order valence-electron chi connectivity index (χ0n) is 18.2. The van der Waals surface area contributed by atoms with E-state index >= 15 is 0 Å². The second kappa shape index (κ2) is 10.3. The molecule has 0 bridgehead atoms. The number of aromatic nitrogens is 3. The number of anilines is 2.